The van der Waals surface area contributed by atoms with Gasteiger partial charge >= 0.3 is 0 Å². The lowest BCUT2D eigenvalue weighted by Crippen LogP contribution is -2.03. The van der Waals surface area contributed by atoms with Gasteiger partial charge in [-0.3, -0.25) is 9.78 Å². The van der Waals surface area contributed by atoms with Gasteiger partial charge in [-0.1, -0.05) is 29.8 Å². The van der Waals surface area contributed by atoms with E-state index in [9.17, 15) is 4.79 Å². The number of allylic oxidation sites excluding steroid dienone is 1. The predicted octanol–water partition coefficient (Wildman–Crippen LogP) is 4.09. The minimum Gasteiger partial charge on any atom is -0.321 e. The second-order valence-electron chi connectivity index (χ2n) is 5.02. The SMILES string of the molecule is O=C1Nc2cc(Cl)ccc2C1=CCCCc1cccnc1. The summed E-state index contributed by atoms with van der Waals surface area (Å²) in [4.78, 5) is 16.1. The van der Waals surface area contributed by atoms with E-state index in [0.717, 1.165) is 36.1 Å². The van der Waals surface area contributed by atoms with Gasteiger partial charge in [-0.05, 0) is 43.0 Å². The number of hydrogen-bond donors (Lipinski definition) is 1. The third-order valence-electron chi connectivity index (χ3n) is 3.51. The molecule has 1 amide bonds. The minimum atomic E-state index is -0.0476. The lowest BCUT2D eigenvalue weighted by molar-refractivity contribution is -0.110. The van der Waals surface area contributed by atoms with Crippen LogP contribution in [-0.4, -0.2) is 10.9 Å². The molecule has 0 saturated carbocycles. The molecular weight excluding hydrogens is 284 g/mol. The zero-order valence-corrected chi connectivity index (χ0v) is 12.2. The standard InChI is InChI=1S/C17H15ClN2O/c18-13-7-8-14-15(17(21)20-16(14)10-13)6-2-1-4-12-5-3-9-19-11-12/h3,5-11H,1-2,4H2,(H,20,21). The van der Waals surface area contributed by atoms with Crippen molar-refractivity contribution in [2.24, 2.45) is 0 Å². The summed E-state index contributed by atoms with van der Waals surface area (Å²) in [5.74, 6) is -0.0476. The van der Waals surface area contributed by atoms with Gasteiger partial charge in [0.15, 0.2) is 0 Å². The summed E-state index contributed by atoms with van der Waals surface area (Å²) in [6, 6.07) is 9.50. The van der Waals surface area contributed by atoms with Gasteiger partial charge < -0.3 is 5.32 Å². The molecule has 0 fully saturated rings. The third-order valence-corrected chi connectivity index (χ3v) is 3.74. The molecule has 2 aromatic rings. The zero-order chi connectivity index (χ0) is 14.7. The fourth-order valence-electron chi connectivity index (χ4n) is 2.47. The van der Waals surface area contributed by atoms with Gasteiger partial charge in [-0.15, -0.1) is 0 Å². The van der Waals surface area contributed by atoms with Crippen LogP contribution in [0, 0.1) is 0 Å². The van der Waals surface area contributed by atoms with E-state index in [2.05, 4.69) is 16.4 Å². The van der Waals surface area contributed by atoms with Gasteiger partial charge in [0.05, 0.1) is 5.69 Å². The van der Waals surface area contributed by atoms with E-state index >= 15 is 0 Å². The normalized spacial score (nSPS) is 15.1. The van der Waals surface area contributed by atoms with Crippen LogP contribution < -0.4 is 5.32 Å². The van der Waals surface area contributed by atoms with Crippen LogP contribution in [0.3, 0.4) is 0 Å². The molecular formula is C17H15ClN2O. The number of pyridine rings is 1. The Labute approximate surface area is 128 Å². The topological polar surface area (TPSA) is 42.0 Å². The van der Waals surface area contributed by atoms with E-state index in [0.29, 0.717) is 5.02 Å². The summed E-state index contributed by atoms with van der Waals surface area (Å²) in [6.45, 7) is 0. The lowest BCUT2D eigenvalue weighted by atomic mass is 10.0. The molecule has 106 valence electrons. The summed E-state index contributed by atoms with van der Waals surface area (Å²) >= 11 is 5.94. The number of amides is 1. The summed E-state index contributed by atoms with van der Waals surface area (Å²) < 4.78 is 0. The fourth-order valence-corrected chi connectivity index (χ4v) is 2.64. The second-order valence-corrected chi connectivity index (χ2v) is 5.45. The number of aryl methyl sites for hydroxylation is 1. The van der Waals surface area contributed by atoms with Crippen molar-refractivity contribution in [1.82, 2.24) is 4.98 Å². The van der Waals surface area contributed by atoms with Crippen molar-refractivity contribution < 1.29 is 4.79 Å². The highest BCUT2D eigenvalue weighted by Crippen LogP contribution is 2.34. The van der Waals surface area contributed by atoms with Crippen molar-refractivity contribution >= 4 is 28.8 Å². The number of halogens is 1. The van der Waals surface area contributed by atoms with Crippen molar-refractivity contribution in [3.63, 3.8) is 0 Å². The number of nitrogens with zero attached hydrogens (tertiary/aromatic N) is 1. The first kappa shape index (κ1) is 13.8. The molecule has 21 heavy (non-hydrogen) atoms. The Balaban J connectivity index is 1.66. The van der Waals surface area contributed by atoms with E-state index in [4.69, 9.17) is 11.6 Å². The van der Waals surface area contributed by atoms with Crippen LogP contribution in [-0.2, 0) is 11.2 Å². The first-order valence-electron chi connectivity index (χ1n) is 6.94. The summed E-state index contributed by atoms with van der Waals surface area (Å²) in [5, 5.41) is 3.48. The average molecular weight is 299 g/mol. The number of carbonyl (C=O) groups excluding carboxylic acids is 1. The number of aromatic nitrogens is 1. The Hall–Kier alpha value is -2.13. The van der Waals surface area contributed by atoms with Crippen LogP contribution in [0.4, 0.5) is 5.69 Å². The van der Waals surface area contributed by atoms with Gasteiger partial charge in [-0.2, -0.15) is 0 Å². The highest BCUT2D eigenvalue weighted by Gasteiger charge is 2.23. The Morgan fingerprint density at radius 3 is 3.00 bits per heavy atom. The molecule has 0 aliphatic carbocycles. The quantitative estimate of drug-likeness (QED) is 0.682. The first-order valence-corrected chi connectivity index (χ1v) is 7.32. The molecule has 3 rings (SSSR count). The monoisotopic (exact) mass is 298 g/mol. The van der Waals surface area contributed by atoms with Crippen LogP contribution >= 0.6 is 11.6 Å². The predicted molar refractivity (Wildman–Crippen MR) is 85.2 cm³/mol. The Kier molecular flexibility index (Phi) is 4.02. The molecule has 0 unspecified atom stereocenters. The summed E-state index contributed by atoms with van der Waals surface area (Å²) in [7, 11) is 0. The van der Waals surface area contributed by atoms with E-state index in [-0.39, 0.29) is 5.91 Å². The number of unbranched alkanes of at least 4 members (excludes halogenated alkanes) is 1. The summed E-state index contributed by atoms with van der Waals surface area (Å²) in [5.41, 5.74) is 3.70. The smallest absolute Gasteiger partial charge is 0.256 e. The Morgan fingerprint density at radius 1 is 1.29 bits per heavy atom. The maximum atomic E-state index is 12.0. The van der Waals surface area contributed by atoms with Crippen molar-refractivity contribution in [2.45, 2.75) is 19.3 Å². The van der Waals surface area contributed by atoms with Gasteiger partial charge in [-0.25, -0.2) is 0 Å². The molecule has 0 spiro atoms. The molecule has 1 aliphatic heterocycles. The average Bonchev–Trinajstić information content (AvgIpc) is 2.79. The van der Waals surface area contributed by atoms with Gasteiger partial charge in [0.2, 0.25) is 0 Å². The van der Waals surface area contributed by atoms with Crippen molar-refractivity contribution in [3.8, 4) is 0 Å². The number of anilines is 1. The third kappa shape index (κ3) is 3.14. The molecule has 4 heteroatoms. The minimum absolute atomic E-state index is 0.0476. The van der Waals surface area contributed by atoms with Crippen molar-refractivity contribution in [1.29, 1.82) is 0 Å². The maximum Gasteiger partial charge on any atom is 0.256 e. The van der Waals surface area contributed by atoms with E-state index in [1.165, 1.54) is 5.56 Å². The first-order chi connectivity index (χ1) is 10.2. The van der Waals surface area contributed by atoms with Crippen molar-refractivity contribution in [3.05, 3.63) is 65.0 Å². The number of rotatable bonds is 4. The largest absolute Gasteiger partial charge is 0.321 e. The molecule has 1 aromatic heterocycles. The lowest BCUT2D eigenvalue weighted by Gasteiger charge is -2.00. The summed E-state index contributed by atoms with van der Waals surface area (Å²) in [6.07, 6.45) is 8.48. The molecule has 0 radical (unpaired) electrons. The van der Waals surface area contributed by atoms with Crippen LogP contribution in [0.1, 0.15) is 24.0 Å². The number of fused-ring (bicyclic) bond motifs is 1. The molecule has 0 bridgehead atoms. The van der Waals surface area contributed by atoms with E-state index < -0.39 is 0 Å². The molecule has 1 aromatic carbocycles. The van der Waals surface area contributed by atoms with Crippen LogP contribution in [0.25, 0.3) is 5.57 Å². The van der Waals surface area contributed by atoms with E-state index in [1.54, 1.807) is 12.3 Å². The van der Waals surface area contributed by atoms with Gasteiger partial charge in [0, 0.05) is 28.6 Å². The molecule has 0 atom stereocenters. The molecule has 3 nitrogen and oxygen atoms in total. The maximum absolute atomic E-state index is 12.0. The highest BCUT2D eigenvalue weighted by atomic mass is 35.5. The van der Waals surface area contributed by atoms with Crippen LogP contribution in [0.15, 0.2) is 48.8 Å². The molecule has 2 heterocycles. The van der Waals surface area contributed by atoms with Gasteiger partial charge in [0.1, 0.15) is 0 Å². The van der Waals surface area contributed by atoms with E-state index in [1.807, 2.05) is 30.5 Å². The Bertz CT molecular complexity index is 695. The van der Waals surface area contributed by atoms with Crippen LogP contribution in [0.2, 0.25) is 5.02 Å². The van der Waals surface area contributed by atoms with Crippen molar-refractivity contribution in [2.75, 3.05) is 5.32 Å². The number of hydrogen-bond acceptors (Lipinski definition) is 2. The molecule has 1 aliphatic rings. The number of carbonyl (C=O) groups is 1. The number of nitrogens with one attached hydrogen (secondary N) is 1. The molecule has 0 saturated heterocycles. The number of benzene rings is 1. The van der Waals surface area contributed by atoms with Gasteiger partial charge in [0.25, 0.3) is 5.91 Å². The highest BCUT2D eigenvalue weighted by molar-refractivity contribution is 6.34. The van der Waals surface area contributed by atoms with Crippen LogP contribution in [0.5, 0.6) is 0 Å². The Morgan fingerprint density at radius 2 is 2.19 bits per heavy atom. The molecule has 1 N–H and O–H groups in total. The fraction of sp³-hybridized carbons (Fsp3) is 0.176. The zero-order valence-electron chi connectivity index (χ0n) is 11.5. The second kappa shape index (κ2) is 6.10.